The van der Waals surface area contributed by atoms with Gasteiger partial charge in [0.15, 0.2) is 0 Å². The summed E-state index contributed by atoms with van der Waals surface area (Å²) >= 11 is 0. The average molecular weight is 262 g/mol. The Bertz CT molecular complexity index is 413. The van der Waals surface area contributed by atoms with Gasteiger partial charge in [-0.2, -0.15) is 0 Å². The summed E-state index contributed by atoms with van der Waals surface area (Å²) in [5, 5.41) is 3.72. The first-order valence-corrected chi connectivity index (χ1v) is 7.45. The molecule has 3 rings (SSSR count). The van der Waals surface area contributed by atoms with E-state index in [1.165, 1.54) is 37.9 Å². The molecule has 2 unspecified atom stereocenters. The predicted molar refractivity (Wildman–Crippen MR) is 75.7 cm³/mol. The van der Waals surface area contributed by atoms with Crippen LogP contribution in [0.25, 0.3) is 0 Å². The fraction of sp³-hybridized carbons (Fsp3) is 0.625. The summed E-state index contributed by atoms with van der Waals surface area (Å²) in [4.78, 5) is 2.56. The largest absolute Gasteiger partial charge is 0.310 e. The van der Waals surface area contributed by atoms with E-state index >= 15 is 0 Å². The topological polar surface area (TPSA) is 15.3 Å². The Labute approximate surface area is 115 Å². The van der Waals surface area contributed by atoms with Crippen LogP contribution in [0.4, 0.5) is 4.39 Å². The lowest BCUT2D eigenvalue weighted by Gasteiger charge is -2.24. The normalized spacial score (nSPS) is 25.7. The van der Waals surface area contributed by atoms with Gasteiger partial charge in [0.25, 0.3) is 0 Å². The van der Waals surface area contributed by atoms with Gasteiger partial charge in [-0.25, -0.2) is 4.39 Å². The minimum atomic E-state index is -0.147. The van der Waals surface area contributed by atoms with Gasteiger partial charge in [-0.15, -0.1) is 0 Å². The maximum atomic E-state index is 12.9. The number of hydrogen-bond acceptors (Lipinski definition) is 2. The Balaban J connectivity index is 1.49. The molecule has 1 heterocycles. The first-order valence-electron chi connectivity index (χ1n) is 7.45. The third kappa shape index (κ3) is 3.54. The number of rotatable bonds is 5. The summed E-state index contributed by atoms with van der Waals surface area (Å²) in [6.45, 7) is 4.63. The van der Waals surface area contributed by atoms with E-state index in [1.807, 2.05) is 12.1 Å². The number of halogens is 1. The molecule has 1 N–H and O–H groups in total. The van der Waals surface area contributed by atoms with Crippen molar-refractivity contribution in [2.45, 2.75) is 50.7 Å². The molecule has 0 spiro atoms. The molecule has 19 heavy (non-hydrogen) atoms. The van der Waals surface area contributed by atoms with E-state index in [0.717, 1.165) is 12.5 Å². The summed E-state index contributed by atoms with van der Waals surface area (Å²) in [7, 11) is 0. The minimum Gasteiger partial charge on any atom is -0.310 e. The molecule has 3 heteroatoms. The van der Waals surface area contributed by atoms with Crippen molar-refractivity contribution in [2.75, 3.05) is 13.1 Å². The molecule has 0 radical (unpaired) electrons. The van der Waals surface area contributed by atoms with Gasteiger partial charge in [0, 0.05) is 31.2 Å². The van der Waals surface area contributed by atoms with E-state index in [2.05, 4.69) is 17.1 Å². The maximum Gasteiger partial charge on any atom is 0.123 e. The molecule has 1 aromatic carbocycles. The molecular weight excluding hydrogens is 239 g/mol. The number of likely N-dealkylation sites (tertiary alicyclic amines) is 1. The summed E-state index contributed by atoms with van der Waals surface area (Å²) in [6, 6.07) is 8.95. The molecule has 1 aliphatic carbocycles. The van der Waals surface area contributed by atoms with Crippen LogP contribution in [-0.4, -0.2) is 36.1 Å². The van der Waals surface area contributed by atoms with Crippen molar-refractivity contribution in [1.82, 2.24) is 10.2 Å². The zero-order chi connectivity index (χ0) is 13.2. The summed E-state index contributed by atoms with van der Waals surface area (Å²) < 4.78 is 12.9. The first kappa shape index (κ1) is 13.1. The predicted octanol–water partition coefficient (Wildman–Crippen LogP) is 2.58. The second-order valence-corrected chi connectivity index (χ2v) is 6.10. The lowest BCUT2D eigenvalue weighted by Crippen LogP contribution is -2.37. The third-order valence-electron chi connectivity index (χ3n) is 4.34. The Kier molecular flexibility index (Phi) is 3.85. The number of nitrogens with zero attached hydrogens (tertiary/aromatic N) is 1. The van der Waals surface area contributed by atoms with Crippen LogP contribution in [0.15, 0.2) is 24.3 Å². The molecule has 1 aliphatic heterocycles. The molecule has 2 atom stereocenters. The van der Waals surface area contributed by atoms with Crippen molar-refractivity contribution in [3.63, 3.8) is 0 Å². The van der Waals surface area contributed by atoms with Crippen LogP contribution in [0.2, 0.25) is 0 Å². The van der Waals surface area contributed by atoms with Gasteiger partial charge in [-0.1, -0.05) is 12.1 Å². The van der Waals surface area contributed by atoms with E-state index in [4.69, 9.17) is 0 Å². The van der Waals surface area contributed by atoms with Crippen LogP contribution in [0.5, 0.6) is 0 Å². The Hall–Kier alpha value is -0.930. The van der Waals surface area contributed by atoms with Crippen LogP contribution < -0.4 is 5.32 Å². The number of hydrogen-bond donors (Lipinski definition) is 1. The van der Waals surface area contributed by atoms with Gasteiger partial charge in [0.2, 0.25) is 0 Å². The van der Waals surface area contributed by atoms with E-state index in [1.54, 1.807) is 12.1 Å². The SMILES string of the molecule is CC(Cc1ccc(F)cc1)N1CCC(NC2CC2)C1. The smallest absolute Gasteiger partial charge is 0.123 e. The second-order valence-electron chi connectivity index (χ2n) is 6.10. The molecule has 1 saturated carbocycles. The van der Waals surface area contributed by atoms with Crippen molar-refractivity contribution in [3.05, 3.63) is 35.6 Å². The van der Waals surface area contributed by atoms with E-state index < -0.39 is 0 Å². The highest BCUT2D eigenvalue weighted by Crippen LogP contribution is 2.23. The van der Waals surface area contributed by atoms with Crippen molar-refractivity contribution in [3.8, 4) is 0 Å². The summed E-state index contributed by atoms with van der Waals surface area (Å²) in [5.74, 6) is -0.147. The van der Waals surface area contributed by atoms with Gasteiger partial charge in [0.05, 0.1) is 0 Å². The zero-order valence-corrected chi connectivity index (χ0v) is 11.6. The summed E-state index contributed by atoms with van der Waals surface area (Å²) in [5.41, 5.74) is 1.23. The van der Waals surface area contributed by atoms with Gasteiger partial charge in [0.1, 0.15) is 5.82 Å². The zero-order valence-electron chi connectivity index (χ0n) is 11.6. The van der Waals surface area contributed by atoms with E-state index in [-0.39, 0.29) is 5.82 Å². The fourth-order valence-electron chi connectivity index (χ4n) is 3.00. The maximum absolute atomic E-state index is 12.9. The highest BCUT2D eigenvalue weighted by Gasteiger charge is 2.30. The number of nitrogens with one attached hydrogen (secondary N) is 1. The lowest BCUT2D eigenvalue weighted by molar-refractivity contribution is 0.250. The van der Waals surface area contributed by atoms with Crippen molar-refractivity contribution < 1.29 is 4.39 Å². The average Bonchev–Trinajstić information content (AvgIpc) is 3.08. The second kappa shape index (κ2) is 5.59. The van der Waals surface area contributed by atoms with Crippen molar-refractivity contribution >= 4 is 0 Å². The molecule has 0 aromatic heterocycles. The fourth-order valence-corrected chi connectivity index (χ4v) is 3.00. The van der Waals surface area contributed by atoms with E-state index in [9.17, 15) is 4.39 Å². The molecule has 0 bridgehead atoms. The van der Waals surface area contributed by atoms with Gasteiger partial charge < -0.3 is 5.32 Å². The standard InChI is InChI=1S/C16H23FN2/c1-12(10-13-2-4-14(17)5-3-13)19-9-8-16(11-19)18-15-6-7-15/h2-5,12,15-16,18H,6-11H2,1H3. The van der Waals surface area contributed by atoms with Crippen molar-refractivity contribution in [1.29, 1.82) is 0 Å². The molecule has 104 valence electrons. The quantitative estimate of drug-likeness (QED) is 0.877. The molecule has 2 fully saturated rings. The highest BCUT2D eigenvalue weighted by atomic mass is 19.1. The first-order chi connectivity index (χ1) is 9.20. The molecular formula is C16H23FN2. The highest BCUT2D eigenvalue weighted by molar-refractivity contribution is 5.17. The van der Waals surface area contributed by atoms with Crippen LogP contribution in [0.3, 0.4) is 0 Å². The van der Waals surface area contributed by atoms with Crippen LogP contribution in [0.1, 0.15) is 31.7 Å². The summed E-state index contributed by atoms with van der Waals surface area (Å²) in [6.07, 6.45) is 5.00. The van der Waals surface area contributed by atoms with Crippen LogP contribution in [0, 0.1) is 5.82 Å². The molecule has 1 saturated heterocycles. The molecule has 0 amide bonds. The molecule has 1 aromatic rings. The molecule has 2 nitrogen and oxygen atoms in total. The lowest BCUT2D eigenvalue weighted by atomic mass is 10.1. The number of benzene rings is 1. The Morgan fingerprint density at radius 2 is 1.95 bits per heavy atom. The third-order valence-corrected chi connectivity index (χ3v) is 4.34. The van der Waals surface area contributed by atoms with Gasteiger partial charge >= 0.3 is 0 Å². The van der Waals surface area contributed by atoms with E-state index in [0.29, 0.717) is 12.1 Å². The monoisotopic (exact) mass is 262 g/mol. The Morgan fingerprint density at radius 1 is 1.21 bits per heavy atom. The van der Waals surface area contributed by atoms with Crippen LogP contribution in [-0.2, 0) is 6.42 Å². The van der Waals surface area contributed by atoms with Gasteiger partial charge in [-0.05, 0) is 50.3 Å². The van der Waals surface area contributed by atoms with Crippen LogP contribution >= 0.6 is 0 Å². The Morgan fingerprint density at radius 3 is 2.63 bits per heavy atom. The van der Waals surface area contributed by atoms with Gasteiger partial charge in [-0.3, -0.25) is 4.90 Å². The van der Waals surface area contributed by atoms with Crippen molar-refractivity contribution in [2.24, 2.45) is 0 Å². The molecule has 2 aliphatic rings. The minimum absolute atomic E-state index is 0.147.